The van der Waals surface area contributed by atoms with Crippen LogP contribution in [0.4, 0.5) is 10.2 Å². The highest BCUT2D eigenvalue weighted by Gasteiger charge is 2.37. The van der Waals surface area contributed by atoms with Crippen molar-refractivity contribution in [2.45, 2.75) is 19.5 Å². The molecule has 1 N–H and O–H groups in total. The standard InChI is InChI=1S/C25H21ClFN5O3/c1-3-15(33)31-6-7-32-14(9-31)10-35-23-19-22(29-11-30-24(19)32)21(27)18(20(23)26)16-12(2)4-5-13-8-28-25(34)17(13)16/h3-5,11,14H,1,6-10H2,2H3,(H,28,34)/t14-/m0/s1. The zero-order valence-corrected chi connectivity index (χ0v) is 19.7. The lowest BCUT2D eigenvalue weighted by molar-refractivity contribution is -0.126. The maximum absolute atomic E-state index is 16.2. The second-order valence-electron chi connectivity index (χ2n) is 8.87. The number of hydrogen-bond donors (Lipinski definition) is 1. The van der Waals surface area contributed by atoms with Crippen molar-refractivity contribution in [1.82, 2.24) is 20.2 Å². The van der Waals surface area contributed by atoms with Crippen molar-refractivity contribution < 1.29 is 18.7 Å². The van der Waals surface area contributed by atoms with Gasteiger partial charge >= 0.3 is 0 Å². The average Bonchev–Trinajstić information content (AvgIpc) is 3.15. The van der Waals surface area contributed by atoms with Crippen LogP contribution in [0.3, 0.4) is 0 Å². The molecule has 0 spiro atoms. The van der Waals surface area contributed by atoms with E-state index in [1.54, 1.807) is 4.90 Å². The molecule has 178 valence electrons. The fourth-order valence-corrected chi connectivity index (χ4v) is 5.62. The van der Waals surface area contributed by atoms with Crippen LogP contribution in [-0.4, -0.2) is 59.0 Å². The fourth-order valence-electron chi connectivity index (χ4n) is 5.29. The number of fused-ring (bicyclic) bond motifs is 3. The number of carbonyl (C=O) groups excluding carboxylic acids is 2. The van der Waals surface area contributed by atoms with Crippen molar-refractivity contribution in [3.05, 3.63) is 58.6 Å². The van der Waals surface area contributed by atoms with Gasteiger partial charge < -0.3 is 19.9 Å². The molecule has 2 amide bonds. The second-order valence-corrected chi connectivity index (χ2v) is 9.25. The molecule has 35 heavy (non-hydrogen) atoms. The van der Waals surface area contributed by atoms with E-state index in [-0.39, 0.29) is 46.3 Å². The monoisotopic (exact) mass is 493 g/mol. The number of aryl methyl sites for hydroxylation is 1. The van der Waals surface area contributed by atoms with Crippen molar-refractivity contribution in [3.8, 4) is 16.9 Å². The van der Waals surface area contributed by atoms with Gasteiger partial charge in [-0.2, -0.15) is 0 Å². The van der Waals surface area contributed by atoms with E-state index in [2.05, 4.69) is 21.9 Å². The molecule has 3 aliphatic heterocycles. The number of benzene rings is 2. The summed E-state index contributed by atoms with van der Waals surface area (Å²) < 4.78 is 22.4. The highest BCUT2D eigenvalue weighted by Crippen LogP contribution is 2.49. The van der Waals surface area contributed by atoms with Gasteiger partial charge in [0.2, 0.25) is 5.91 Å². The van der Waals surface area contributed by atoms with Gasteiger partial charge in [0, 0.05) is 37.3 Å². The Morgan fingerprint density at radius 1 is 1.29 bits per heavy atom. The van der Waals surface area contributed by atoms with E-state index in [0.29, 0.717) is 54.1 Å². The lowest BCUT2D eigenvalue weighted by atomic mass is 9.91. The summed E-state index contributed by atoms with van der Waals surface area (Å²) in [6.07, 6.45) is 2.61. The first-order valence-corrected chi connectivity index (χ1v) is 11.7. The fraction of sp³-hybridized carbons (Fsp3) is 0.280. The van der Waals surface area contributed by atoms with Crippen molar-refractivity contribution in [3.63, 3.8) is 0 Å². The first kappa shape index (κ1) is 21.8. The number of rotatable bonds is 2. The Hall–Kier alpha value is -3.72. The SMILES string of the molecule is C=CC(=O)N1CCN2c3ncnc4c(F)c(-c5c(C)ccc6c5C(=O)NC6)c(Cl)c(c34)OC[C@@H]2C1. The van der Waals surface area contributed by atoms with E-state index in [1.807, 2.05) is 24.0 Å². The molecule has 6 rings (SSSR count). The second kappa shape index (κ2) is 7.91. The van der Waals surface area contributed by atoms with Gasteiger partial charge in [0.25, 0.3) is 5.91 Å². The number of carbonyl (C=O) groups is 2. The Kier molecular flexibility index (Phi) is 4.93. The molecule has 1 atom stereocenters. The lowest BCUT2D eigenvalue weighted by Gasteiger charge is -2.40. The lowest BCUT2D eigenvalue weighted by Crippen LogP contribution is -2.56. The van der Waals surface area contributed by atoms with Crippen LogP contribution in [0.1, 0.15) is 21.5 Å². The van der Waals surface area contributed by atoms with Gasteiger partial charge in [-0.1, -0.05) is 30.3 Å². The van der Waals surface area contributed by atoms with Gasteiger partial charge in [-0.05, 0) is 24.1 Å². The van der Waals surface area contributed by atoms with Gasteiger partial charge in [0.05, 0.1) is 22.0 Å². The largest absolute Gasteiger partial charge is 0.489 e. The van der Waals surface area contributed by atoms with Gasteiger partial charge in [-0.25, -0.2) is 14.4 Å². The average molecular weight is 494 g/mol. The molecule has 8 nitrogen and oxygen atoms in total. The topological polar surface area (TPSA) is 87.7 Å². The number of hydrogen-bond acceptors (Lipinski definition) is 6. The molecule has 0 radical (unpaired) electrons. The Balaban J connectivity index is 1.57. The molecule has 3 aliphatic rings. The van der Waals surface area contributed by atoms with Crippen LogP contribution in [0, 0.1) is 12.7 Å². The summed E-state index contributed by atoms with van der Waals surface area (Å²) >= 11 is 6.88. The van der Waals surface area contributed by atoms with Crippen LogP contribution < -0.4 is 15.0 Å². The van der Waals surface area contributed by atoms with Crippen molar-refractivity contribution in [2.24, 2.45) is 0 Å². The minimum atomic E-state index is -0.629. The summed E-state index contributed by atoms with van der Waals surface area (Å²) in [6.45, 7) is 7.35. The summed E-state index contributed by atoms with van der Waals surface area (Å²) in [4.78, 5) is 37.3. The molecule has 0 bridgehead atoms. The molecule has 0 saturated carbocycles. The third-order valence-electron chi connectivity index (χ3n) is 6.98. The smallest absolute Gasteiger partial charge is 0.252 e. The maximum atomic E-state index is 16.2. The number of nitrogens with one attached hydrogen (secondary N) is 1. The van der Waals surface area contributed by atoms with Crippen LogP contribution >= 0.6 is 11.6 Å². The van der Waals surface area contributed by atoms with Gasteiger partial charge in [0.1, 0.15) is 24.3 Å². The van der Waals surface area contributed by atoms with E-state index >= 15 is 4.39 Å². The number of halogens is 2. The van der Waals surface area contributed by atoms with Crippen LogP contribution in [0.25, 0.3) is 22.0 Å². The van der Waals surface area contributed by atoms with E-state index in [9.17, 15) is 9.59 Å². The van der Waals surface area contributed by atoms with Crippen molar-refractivity contribution in [2.75, 3.05) is 31.1 Å². The predicted octanol–water partition coefficient (Wildman–Crippen LogP) is 3.24. The molecule has 1 fully saturated rings. The van der Waals surface area contributed by atoms with Crippen molar-refractivity contribution >= 4 is 40.1 Å². The predicted molar refractivity (Wildman–Crippen MR) is 129 cm³/mol. The number of nitrogens with zero attached hydrogens (tertiary/aromatic N) is 4. The van der Waals surface area contributed by atoms with E-state index in [4.69, 9.17) is 16.3 Å². The molecule has 2 aromatic carbocycles. The first-order valence-electron chi connectivity index (χ1n) is 11.3. The number of aromatic nitrogens is 2. The molecule has 3 aromatic rings. The highest BCUT2D eigenvalue weighted by atomic mass is 35.5. The Bertz CT molecular complexity index is 1460. The molecular formula is C25H21ClFN5O3. The zero-order chi connectivity index (χ0) is 24.4. The van der Waals surface area contributed by atoms with Crippen LogP contribution in [0.2, 0.25) is 5.02 Å². The van der Waals surface area contributed by atoms with Crippen LogP contribution in [0.5, 0.6) is 5.75 Å². The Morgan fingerprint density at radius 3 is 2.91 bits per heavy atom. The minimum absolute atomic E-state index is 0.0705. The first-order chi connectivity index (χ1) is 16.9. The van der Waals surface area contributed by atoms with E-state index in [0.717, 1.165) is 5.56 Å². The van der Waals surface area contributed by atoms with Crippen LogP contribution in [0.15, 0.2) is 31.1 Å². The molecule has 10 heteroatoms. The van der Waals surface area contributed by atoms with Gasteiger partial charge in [-0.3, -0.25) is 9.59 Å². The summed E-state index contributed by atoms with van der Waals surface area (Å²) in [5.74, 6) is -0.264. The van der Waals surface area contributed by atoms with E-state index in [1.165, 1.54) is 12.4 Å². The summed E-state index contributed by atoms with van der Waals surface area (Å²) in [6, 6.07) is 3.50. The number of ether oxygens (including phenoxy) is 1. The molecule has 1 aromatic heterocycles. The van der Waals surface area contributed by atoms with Crippen molar-refractivity contribution in [1.29, 1.82) is 0 Å². The molecule has 0 aliphatic carbocycles. The van der Waals surface area contributed by atoms with Crippen LogP contribution in [-0.2, 0) is 11.3 Å². The summed E-state index contributed by atoms with van der Waals surface area (Å²) in [5, 5.41) is 3.26. The third-order valence-corrected chi connectivity index (χ3v) is 7.34. The number of piperazine rings is 1. The summed E-state index contributed by atoms with van der Waals surface area (Å²) in [7, 11) is 0. The minimum Gasteiger partial charge on any atom is -0.489 e. The highest BCUT2D eigenvalue weighted by molar-refractivity contribution is 6.37. The third kappa shape index (κ3) is 3.11. The Labute approximate surface area is 205 Å². The Morgan fingerprint density at radius 2 is 2.11 bits per heavy atom. The number of amides is 2. The zero-order valence-electron chi connectivity index (χ0n) is 18.9. The van der Waals surface area contributed by atoms with E-state index < -0.39 is 5.82 Å². The molecular weight excluding hydrogens is 473 g/mol. The molecule has 0 unspecified atom stereocenters. The normalized spacial score (nSPS) is 18.5. The van der Waals surface area contributed by atoms with Gasteiger partial charge in [0.15, 0.2) is 11.6 Å². The quantitative estimate of drug-likeness (QED) is 0.551. The molecule has 4 heterocycles. The van der Waals surface area contributed by atoms with Gasteiger partial charge in [-0.15, -0.1) is 0 Å². The molecule has 1 saturated heterocycles. The number of anilines is 1. The maximum Gasteiger partial charge on any atom is 0.252 e. The summed E-state index contributed by atoms with van der Waals surface area (Å²) in [5.41, 5.74) is 2.51.